The number of piperidine rings is 1. The highest BCUT2D eigenvalue weighted by molar-refractivity contribution is 5.79. The molecular weight excluding hydrogens is 336 g/mol. The summed E-state index contributed by atoms with van der Waals surface area (Å²) in [6, 6.07) is 0.767. The van der Waals surface area contributed by atoms with Crippen molar-refractivity contribution in [3.05, 3.63) is 0 Å². The van der Waals surface area contributed by atoms with Gasteiger partial charge in [-0.25, -0.2) is 0 Å². The number of nitrogens with zero attached hydrogens (tertiary/aromatic N) is 2. The fraction of sp³-hybridized carbons (Fsp3) is 0.955. The summed E-state index contributed by atoms with van der Waals surface area (Å²) < 4.78 is 0. The molecule has 1 heterocycles. The Morgan fingerprint density at radius 2 is 1.93 bits per heavy atom. The van der Waals surface area contributed by atoms with Gasteiger partial charge in [0, 0.05) is 32.3 Å². The standard InChI is InChI=1S/C22H44N4O/c1-3-23-21(25-19-22(14-18-27)12-6-4-7-13-22)24-15-8-10-17-26-16-9-5-11-20(26)2/h20,27H,3-19H2,1-2H3,(H2,23,24,25). The molecule has 158 valence electrons. The van der Waals surface area contributed by atoms with Crippen LogP contribution in [-0.2, 0) is 0 Å². The van der Waals surface area contributed by atoms with Gasteiger partial charge in [-0.05, 0) is 77.3 Å². The van der Waals surface area contributed by atoms with Crippen molar-refractivity contribution >= 4 is 5.96 Å². The summed E-state index contributed by atoms with van der Waals surface area (Å²) >= 11 is 0. The normalized spacial score (nSPS) is 24.0. The molecule has 1 aliphatic heterocycles. The number of hydrogen-bond acceptors (Lipinski definition) is 3. The van der Waals surface area contributed by atoms with E-state index in [1.807, 2.05) is 0 Å². The topological polar surface area (TPSA) is 59.9 Å². The van der Waals surface area contributed by atoms with Crippen LogP contribution in [0.1, 0.15) is 84.5 Å². The summed E-state index contributed by atoms with van der Waals surface area (Å²) in [6.07, 6.45) is 13.8. The Morgan fingerprint density at radius 3 is 2.63 bits per heavy atom. The first-order valence-corrected chi connectivity index (χ1v) is 11.6. The molecule has 27 heavy (non-hydrogen) atoms. The zero-order valence-corrected chi connectivity index (χ0v) is 17.9. The second-order valence-electron chi connectivity index (χ2n) is 8.74. The minimum Gasteiger partial charge on any atom is -0.396 e. The van der Waals surface area contributed by atoms with Crippen molar-refractivity contribution in [1.29, 1.82) is 0 Å². The van der Waals surface area contributed by atoms with Crippen LogP contribution in [0.15, 0.2) is 4.99 Å². The summed E-state index contributed by atoms with van der Waals surface area (Å²) in [6.45, 7) is 10.0. The molecule has 0 bridgehead atoms. The van der Waals surface area contributed by atoms with E-state index in [-0.39, 0.29) is 12.0 Å². The minimum atomic E-state index is 0.222. The van der Waals surface area contributed by atoms with Gasteiger partial charge in [0.1, 0.15) is 0 Å². The molecule has 0 aromatic rings. The van der Waals surface area contributed by atoms with Crippen molar-refractivity contribution < 1.29 is 5.11 Å². The van der Waals surface area contributed by atoms with E-state index in [1.165, 1.54) is 77.3 Å². The van der Waals surface area contributed by atoms with Gasteiger partial charge in [-0.2, -0.15) is 0 Å². The highest BCUT2D eigenvalue weighted by atomic mass is 16.3. The number of aliphatic hydroxyl groups excluding tert-OH is 1. The molecule has 0 radical (unpaired) electrons. The zero-order chi connectivity index (χ0) is 19.4. The van der Waals surface area contributed by atoms with Crippen LogP contribution in [0, 0.1) is 5.41 Å². The van der Waals surface area contributed by atoms with Crippen molar-refractivity contribution in [2.45, 2.75) is 90.5 Å². The van der Waals surface area contributed by atoms with Gasteiger partial charge >= 0.3 is 0 Å². The highest BCUT2D eigenvalue weighted by Crippen LogP contribution is 2.39. The van der Waals surface area contributed by atoms with Crippen LogP contribution in [0.5, 0.6) is 0 Å². The maximum atomic E-state index is 9.50. The monoisotopic (exact) mass is 380 g/mol. The van der Waals surface area contributed by atoms with E-state index in [4.69, 9.17) is 4.99 Å². The lowest BCUT2D eigenvalue weighted by molar-refractivity contribution is 0.137. The first-order chi connectivity index (χ1) is 13.2. The summed E-state index contributed by atoms with van der Waals surface area (Å²) in [5.74, 6) is 0.951. The van der Waals surface area contributed by atoms with E-state index in [0.717, 1.165) is 38.1 Å². The van der Waals surface area contributed by atoms with Crippen molar-refractivity contribution in [3.8, 4) is 0 Å². The molecule has 1 saturated heterocycles. The van der Waals surface area contributed by atoms with E-state index in [1.54, 1.807) is 0 Å². The Bertz CT molecular complexity index is 415. The Balaban J connectivity index is 1.72. The van der Waals surface area contributed by atoms with Crippen LogP contribution in [0.4, 0.5) is 0 Å². The molecule has 2 rings (SSSR count). The molecular formula is C22H44N4O. The quantitative estimate of drug-likeness (QED) is 0.308. The van der Waals surface area contributed by atoms with E-state index in [9.17, 15) is 5.11 Å². The summed E-state index contributed by atoms with van der Waals surface area (Å²) in [7, 11) is 0. The van der Waals surface area contributed by atoms with Crippen molar-refractivity contribution in [2.75, 3.05) is 39.3 Å². The van der Waals surface area contributed by atoms with E-state index in [0.29, 0.717) is 0 Å². The Kier molecular flexibility index (Phi) is 10.5. The van der Waals surface area contributed by atoms with Gasteiger partial charge < -0.3 is 20.6 Å². The van der Waals surface area contributed by atoms with Crippen molar-refractivity contribution in [1.82, 2.24) is 15.5 Å². The lowest BCUT2D eigenvalue weighted by atomic mass is 9.72. The predicted molar refractivity (Wildman–Crippen MR) is 115 cm³/mol. The van der Waals surface area contributed by atoms with Crippen LogP contribution >= 0.6 is 0 Å². The molecule has 0 amide bonds. The van der Waals surface area contributed by atoms with Crippen LogP contribution in [0.3, 0.4) is 0 Å². The van der Waals surface area contributed by atoms with Gasteiger partial charge in [-0.1, -0.05) is 25.7 Å². The van der Waals surface area contributed by atoms with Gasteiger partial charge in [0.15, 0.2) is 5.96 Å². The van der Waals surface area contributed by atoms with Crippen molar-refractivity contribution in [2.24, 2.45) is 10.4 Å². The molecule has 5 nitrogen and oxygen atoms in total. The molecule has 0 aromatic carbocycles. The molecule has 2 aliphatic rings. The number of guanidine groups is 1. The van der Waals surface area contributed by atoms with E-state index in [2.05, 4.69) is 29.4 Å². The molecule has 1 unspecified atom stereocenters. The average Bonchev–Trinajstić information content (AvgIpc) is 2.68. The number of nitrogens with one attached hydrogen (secondary N) is 2. The maximum Gasteiger partial charge on any atom is 0.191 e. The first-order valence-electron chi connectivity index (χ1n) is 11.6. The van der Waals surface area contributed by atoms with Crippen LogP contribution in [-0.4, -0.2) is 61.3 Å². The highest BCUT2D eigenvalue weighted by Gasteiger charge is 2.31. The van der Waals surface area contributed by atoms with Gasteiger partial charge in [0.2, 0.25) is 0 Å². The van der Waals surface area contributed by atoms with Gasteiger partial charge in [0.25, 0.3) is 0 Å². The second kappa shape index (κ2) is 12.6. The number of likely N-dealkylation sites (tertiary alicyclic amines) is 1. The third kappa shape index (κ3) is 7.98. The molecule has 0 aromatic heterocycles. The summed E-state index contributed by atoms with van der Waals surface area (Å²) in [4.78, 5) is 7.56. The van der Waals surface area contributed by atoms with Gasteiger partial charge in [0.05, 0.1) is 0 Å². The Morgan fingerprint density at radius 1 is 1.11 bits per heavy atom. The van der Waals surface area contributed by atoms with Crippen LogP contribution in [0.25, 0.3) is 0 Å². The second-order valence-corrected chi connectivity index (χ2v) is 8.74. The summed E-state index contributed by atoms with van der Waals surface area (Å²) in [5, 5.41) is 16.4. The van der Waals surface area contributed by atoms with E-state index >= 15 is 0 Å². The van der Waals surface area contributed by atoms with E-state index < -0.39 is 0 Å². The number of unbranched alkanes of at least 4 members (excludes halogenated alkanes) is 1. The lowest BCUT2D eigenvalue weighted by Gasteiger charge is -2.35. The predicted octanol–water partition coefficient (Wildman–Crippen LogP) is 3.53. The molecule has 1 saturated carbocycles. The molecule has 1 aliphatic carbocycles. The molecule has 0 spiro atoms. The van der Waals surface area contributed by atoms with Gasteiger partial charge in [-0.3, -0.25) is 4.99 Å². The lowest BCUT2D eigenvalue weighted by Crippen LogP contribution is -2.40. The fourth-order valence-electron chi connectivity index (χ4n) is 4.75. The number of aliphatic imine (C=N–C) groups is 1. The minimum absolute atomic E-state index is 0.222. The molecule has 5 heteroatoms. The average molecular weight is 381 g/mol. The summed E-state index contributed by atoms with van der Waals surface area (Å²) in [5.41, 5.74) is 0.222. The number of rotatable bonds is 10. The smallest absolute Gasteiger partial charge is 0.191 e. The van der Waals surface area contributed by atoms with Gasteiger partial charge in [-0.15, -0.1) is 0 Å². The van der Waals surface area contributed by atoms with Crippen LogP contribution in [0.2, 0.25) is 0 Å². The largest absolute Gasteiger partial charge is 0.396 e. The Hall–Kier alpha value is -0.810. The molecule has 2 fully saturated rings. The fourth-order valence-corrected chi connectivity index (χ4v) is 4.75. The Labute approximate surface area is 167 Å². The third-order valence-corrected chi connectivity index (χ3v) is 6.58. The molecule has 3 N–H and O–H groups in total. The zero-order valence-electron chi connectivity index (χ0n) is 17.9. The van der Waals surface area contributed by atoms with Crippen molar-refractivity contribution in [3.63, 3.8) is 0 Å². The maximum absolute atomic E-state index is 9.50. The SMILES string of the molecule is CCNC(=NCC1(CCO)CCCCC1)NCCCCN1CCCCC1C. The number of aliphatic hydroxyl groups is 1. The van der Waals surface area contributed by atoms with Crippen LogP contribution < -0.4 is 10.6 Å². The third-order valence-electron chi connectivity index (χ3n) is 6.58. The first kappa shape index (κ1) is 22.5. The number of hydrogen-bond donors (Lipinski definition) is 3. The molecule has 1 atom stereocenters.